The molecule has 5 aromatic carbocycles. The van der Waals surface area contributed by atoms with Crippen molar-refractivity contribution in [3.8, 4) is 28.7 Å². The Balaban J connectivity index is 0.000000219. The number of unbranched alkanes of at least 4 members (excludes halogenated alkanes) is 7. The highest BCUT2D eigenvalue weighted by atomic mass is 31.2. The highest BCUT2D eigenvalue weighted by Crippen LogP contribution is 2.43. The van der Waals surface area contributed by atoms with E-state index in [-0.39, 0.29) is 0 Å². The van der Waals surface area contributed by atoms with Crippen LogP contribution in [0.4, 0.5) is 0 Å². The van der Waals surface area contributed by atoms with Crippen molar-refractivity contribution < 1.29 is 27.1 Å². The van der Waals surface area contributed by atoms with Crippen molar-refractivity contribution in [1.29, 1.82) is 0 Å². The third-order valence-electron chi connectivity index (χ3n) is 6.81. The molecular weight excluding hydrogens is 638 g/mol. The van der Waals surface area contributed by atoms with Gasteiger partial charge in [0.15, 0.2) is 0 Å². The summed E-state index contributed by atoms with van der Waals surface area (Å²) < 4.78 is 35.3. The third-order valence-corrected chi connectivity index (χ3v) is 9.00. The molecule has 5 rings (SSSR count). The van der Waals surface area contributed by atoms with Crippen LogP contribution in [-0.4, -0.2) is 6.61 Å². The predicted molar refractivity (Wildman–Crippen MR) is 198 cm³/mol. The van der Waals surface area contributed by atoms with Gasteiger partial charge in [0, 0.05) is 0 Å². The second kappa shape index (κ2) is 23.3. The summed E-state index contributed by atoms with van der Waals surface area (Å²) in [5.74, 6) is 3.66. The SMILES string of the molecule is CCCCCCCCCCOP(Oc1ccccc1)Oc1ccccc1.c1ccc(OP(Oc2ccccc2)Oc2ccccc2)cc1. The molecule has 0 heterocycles. The van der Waals surface area contributed by atoms with Crippen LogP contribution in [0.1, 0.15) is 58.3 Å². The average Bonchev–Trinajstić information content (AvgIpc) is 3.13. The van der Waals surface area contributed by atoms with Crippen LogP contribution in [0, 0.1) is 0 Å². The van der Waals surface area contributed by atoms with Crippen LogP contribution in [0.2, 0.25) is 0 Å². The lowest BCUT2D eigenvalue weighted by atomic mass is 10.1. The van der Waals surface area contributed by atoms with Gasteiger partial charge in [0.05, 0.1) is 6.61 Å². The maximum Gasteiger partial charge on any atom is 0.530 e. The summed E-state index contributed by atoms with van der Waals surface area (Å²) in [6.07, 6.45) is 10.2. The summed E-state index contributed by atoms with van der Waals surface area (Å²) in [5, 5.41) is 0. The van der Waals surface area contributed by atoms with Gasteiger partial charge in [0.25, 0.3) is 0 Å². The van der Waals surface area contributed by atoms with Gasteiger partial charge in [0.1, 0.15) is 28.7 Å². The fourth-order valence-electron chi connectivity index (χ4n) is 4.34. The maximum atomic E-state index is 5.92. The smallest absolute Gasteiger partial charge is 0.418 e. The number of hydrogen-bond donors (Lipinski definition) is 0. The van der Waals surface area contributed by atoms with Crippen molar-refractivity contribution in [3.05, 3.63) is 152 Å². The van der Waals surface area contributed by atoms with Gasteiger partial charge in [-0.1, -0.05) is 143 Å². The summed E-state index contributed by atoms with van der Waals surface area (Å²) in [6.45, 7) is 2.92. The molecule has 0 radical (unpaired) electrons. The Bertz CT molecular complexity index is 1320. The lowest BCUT2D eigenvalue weighted by molar-refractivity contribution is 0.258. The first kappa shape index (κ1) is 36.8. The molecule has 48 heavy (non-hydrogen) atoms. The Hall–Kier alpha value is -4.08. The largest absolute Gasteiger partial charge is 0.530 e. The van der Waals surface area contributed by atoms with Crippen molar-refractivity contribution in [2.45, 2.75) is 58.3 Å². The van der Waals surface area contributed by atoms with Crippen LogP contribution in [0.3, 0.4) is 0 Å². The number of benzene rings is 5. The van der Waals surface area contributed by atoms with Gasteiger partial charge in [-0.25, -0.2) is 0 Å². The third kappa shape index (κ3) is 15.7. The fourth-order valence-corrected chi connectivity index (χ4v) is 6.34. The molecule has 0 aliphatic rings. The molecule has 0 unspecified atom stereocenters. The van der Waals surface area contributed by atoms with Gasteiger partial charge in [-0.3, -0.25) is 4.52 Å². The summed E-state index contributed by atoms with van der Waals surface area (Å²) >= 11 is 0. The van der Waals surface area contributed by atoms with Crippen LogP contribution in [0.25, 0.3) is 0 Å². The Morgan fingerprint density at radius 2 is 0.604 bits per heavy atom. The van der Waals surface area contributed by atoms with Gasteiger partial charge < -0.3 is 22.6 Å². The van der Waals surface area contributed by atoms with E-state index in [0.29, 0.717) is 23.9 Å². The Labute approximate surface area is 289 Å². The summed E-state index contributed by atoms with van der Waals surface area (Å²) in [5.41, 5.74) is 0. The van der Waals surface area contributed by atoms with Crippen molar-refractivity contribution in [2.24, 2.45) is 0 Å². The zero-order valence-corrected chi connectivity index (χ0v) is 29.4. The monoisotopic (exact) mass is 684 g/mol. The minimum Gasteiger partial charge on any atom is -0.418 e. The van der Waals surface area contributed by atoms with E-state index in [0.717, 1.165) is 17.9 Å². The van der Waals surface area contributed by atoms with E-state index in [1.807, 2.05) is 152 Å². The molecule has 0 bridgehead atoms. The highest BCUT2D eigenvalue weighted by molar-refractivity contribution is 7.43. The molecule has 5 aromatic rings. The molecule has 0 fully saturated rings. The normalized spacial score (nSPS) is 10.6. The molecule has 0 N–H and O–H groups in total. The molecule has 0 aliphatic heterocycles. The Kier molecular flexibility index (Phi) is 17.8. The molecule has 8 heteroatoms. The summed E-state index contributed by atoms with van der Waals surface area (Å²) in [4.78, 5) is 0. The van der Waals surface area contributed by atoms with E-state index in [2.05, 4.69) is 6.92 Å². The summed E-state index contributed by atoms with van der Waals surface area (Å²) in [7, 11) is -3.04. The van der Waals surface area contributed by atoms with Gasteiger partial charge >= 0.3 is 17.2 Å². The van der Waals surface area contributed by atoms with E-state index in [4.69, 9.17) is 27.1 Å². The van der Waals surface area contributed by atoms with Crippen LogP contribution in [-0.2, 0) is 4.52 Å². The fraction of sp³-hybridized carbons (Fsp3) is 0.250. The molecular formula is C40H46O6P2. The first-order valence-electron chi connectivity index (χ1n) is 16.7. The van der Waals surface area contributed by atoms with Crippen molar-refractivity contribution in [1.82, 2.24) is 0 Å². The maximum absolute atomic E-state index is 5.92. The first-order valence-corrected chi connectivity index (χ1v) is 18.9. The molecule has 252 valence electrons. The Morgan fingerprint density at radius 3 is 0.917 bits per heavy atom. The second-order valence-corrected chi connectivity index (χ2v) is 12.8. The van der Waals surface area contributed by atoms with Gasteiger partial charge in [-0.15, -0.1) is 0 Å². The van der Waals surface area contributed by atoms with Crippen molar-refractivity contribution in [3.63, 3.8) is 0 Å². The molecule has 0 saturated carbocycles. The molecule has 0 amide bonds. The summed E-state index contributed by atoms with van der Waals surface area (Å²) in [6, 6.07) is 47.9. The molecule has 0 aliphatic carbocycles. The standard InChI is InChI=1S/C22H31O3P.C18H15O3P/c1-2-3-4-5-6-7-8-15-20-23-26(24-21-16-11-9-12-17-21)25-22-18-13-10-14-19-22;1-4-10-16(11-5-1)19-22(20-17-12-6-2-7-13-17)21-18-14-8-3-9-15-18/h9-14,16-19H,2-8,15,20H2,1H3;1-15H. The van der Waals surface area contributed by atoms with Gasteiger partial charge in [-0.05, 0) is 67.1 Å². The van der Waals surface area contributed by atoms with Crippen LogP contribution in [0.15, 0.2) is 152 Å². The van der Waals surface area contributed by atoms with E-state index in [1.54, 1.807) is 0 Å². The van der Waals surface area contributed by atoms with E-state index >= 15 is 0 Å². The van der Waals surface area contributed by atoms with Crippen LogP contribution < -0.4 is 22.6 Å². The van der Waals surface area contributed by atoms with E-state index in [9.17, 15) is 0 Å². The molecule has 6 nitrogen and oxygen atoms in total. The topological polar surface area (TPSA) is 55.4 Å². The van der Waals surface area contributed by atoms with Crippen molar-refractivity contribution in [2.75, 3.05) is 6.61 Å². The van der Waals surface area contributed by atoms with Crippen molar-refractivity contribution >= 4 is 17.2 Å². The first-order chi connectivity index (χ1) is 23.8. The molecule has 0 atom stereocenters. The van der Waals surface area contributed by atoms with E-state index in [1.165, 1.54) is 44.9 Å². The predicted octanol–water partition coefficient (Wildman–Crippen LogP) is 13.0. The molecule has 0 aromatic heterocycles. The average molecular weight is 685 g/mol. The number of rotatable bonds is 20. The lowest BCUT2D eigenvalue weighted by Gasteiger charge is -2.17. The van der Waals surface area contributed by atoms with Gasteiger partial charge in [-0.2, -0.15) is 0 Å². The Morgan fingerprint density at radius 1 is 0.333 bits per heavy atom. The van der Waals surface area contributed by atoms with Gasteiger partial charge in [0.2, 0.25) is 0 Å². The molecule has 0 saturated heterocycles. The van der Waals surface area contributed by atoms with Crippen LogP contribution in [0.5, 0.6) is 28.7 Å². The van der Waals surface area contributed by atoms with Crippen LogP contribution >= 0.6 is 17.2 Å². The second-order valence-electron chi connectivity index (χ2n) is 10.8. The lowest BCUT2D eigenvalue weighted by Crippen LogP contribution is -2.02. The number of hydrogen-bond acceptors (Lipinski definition) is 6. The number of para-hydroxylation sites is 5. The zero-order chi connectivity index (χ0) is 33.3. The van der Waals surface area contributed by atoms with E-state index < -0.39 is 17.2 Å². The minimum atomic E-state index is -1.59. The molecule has 0 spiro atoms. The highest BCUT2D eigenvalue weighted by Gasteiger charge is 2.19. The minimum absolute atomic E-state index is 0.667. The quantitative estimate of drug-likeness (QED) is 0.0601. The zero-order valence-electron chi connectivity index (χ0n) is 27.6.